The number of halogens is 3. The maximum absolute atomic E-state index is 5.72. The van der Waals surface area contributed by atoms with Crippen LogP contribution in [0.4, 0.5) is 0 Å². The monoisotopic (exact) mass is 448 g/mol. The summed E-state index contributed by atoms with van der Waals surface area (Å²) in [6.45, 7) is 8.21. The lowest BCUT2D eigenvalue weighted by Crippen LogP contribution is -1.98. The van der Waals surface area contributed by atoms with Gasteiger partial charge >= 0.3 is 0 Å². The van der Waals surface area contributed by atoms with Gasteiger partial charge < -0.3 is 4.42 Å². The lowest BCUT2D eigenvalue weighted by molar-refractivity contribution is 0.500. The molecule has 0 aliphatic carbocycles. The summed E-state index contributed by atoms with van der Waals surface area (Å²) in [6.07, 6.45) is 0. The van der Waals surface area contributed by atoms with Gasteiger partial charge in [-0.15, -0.1) is 0 Å². The van der Waals surface area contributed by atoms with Gasteiger partial charge in [-0.25, -0.2) is 0 Å². The maximum atomic E-state index is 5.72. The second-order valence-electron chi connectivity index (χ2n) is 4.74. The number of furan rings is 1. The smallest absolute Gasteiger partial charge is 0.106 e. The first-order chi connectivity index (χ1) is 8.82. The predicted molar refractivity (Wildman–Crippen MR) is 90.3 cm³/mol. The topological polar surface area (TPSA) is 13.1 Å². The average Bonchev–Trinajstić information content (AvgIpc) is 2.57. The minimum Gasteiger partial charge on any atom is -0.466 e. The highest BCUT2D eigenvalue weighted by Crippen LogP contribution is 2.41. The van der Waals surface area contributed by atoms with Gasteiger partial charge in [0, 0.05) is 14.5 Å². The van der Waals surface area contributed by atoms with Crippen LogP contribution in [0.3, 0.4) is 0 Å². The van der Waals surface area contributed by atoms with Crippen LogP contribution in [-0.4, -0.2) is 0 Å². The van der Waals surface area contributed by atoms with E-state index in [2.05, 4.69) is 73.8 Å². The molecule has 0 N–H and O–H groups in total. The summed E-state index contributed by atoms with van der Waals surface area (Å²) in [4.78, 5) is 0.122. The Morgan fingerprint density at radius 1 is 0.947 bits per heavy atom. The van der Waals surface area contributed by atoms with Gasteiger partial charge in [0.1, 0.15) is 11.5 Å². The molecule has 0 radical (unpaired) electrons. The highest BCUT2D eigenvalue weighted by molar-refractivity contribution is 9.11. The Labute approximate surface area is 139 Å². The highest BCUT2D eigenvalue weighted by atomic mass is 79.9. The largest absolute Gasteiger partial charge is 0.466 e. The quantitative estimate of drug-likeness (QED) is 0.474. The zero-order chi connectivity index (χ0) is 14.3. The van der Waals surface area contributed by atoms with E-state index in [0.717, 1.165) is 20.5 Å². The molecule has 0 aliphatic rings. The first-order valence-corrected chi connectivity index (χ1v) is 8.49. The van der Waals surface area contributed by atoms with E-state index in [-0.39, 0.29) is 4.83 Å². The maximum Gasteiger partial charge on any atom is 0.106 e. The average molecular weight is 451 g/mol. The molecule has 19 heavy (non-hydrogen) atoms. The van der Waals surface area contributed by atoms with Gasteiger partial charge in [-0.3, -0.25) is 0 Å². The zero-order valence-electron chi connectivity index (χ0n) is 11.3. The van der Waals surface area contributed by atoms with Crippen LogP contribution in [0, 0.1) is 27.7 Å². The summed E-state index contributed by atoms with van der Waals surface area (Å²) in [5, 5.41) is 0. The number of alkyl halides is 1. The van der Waals surface area contributed by atoms with Crippen LogP contribution >= 0.6 is 47.8 Å². The summed E-state index contributed by atoms with van der Waals surface area (Å²) in [5.74, 6) is 1.96. The van der Waals surface area contributed by atoms with Crippen molar-refractivity contribution >= 4 is 47.8 Å². The van der Waals surface area contributed by atoms with Gasteiger partial charge in [0.15, 0.2) is 0 Å². The van der Waals surface area contributed by atoms with Crippen LogP contribution in [0.1, 0.15) is 38.6 Å². The van der Waals surface area contributed by atoms with Crippen molar-refractivity contribution in [3.63, 3.8) is 0 Å². The standard InChI is InChI=1S/C15H15Br3O/c1-7-5-13(17)11(6-12(7)16)15(18)14-8(2)9(3)19-10(14)4/h5-6,15H,1-4H3. The number of hydrogen-bond donors (Lipinski definition) is 0. The third kappa shape index (κ3) is 2.86. The molecule has 0 saturated carbocycles. The molecule has 102 valence electrons. The fourth-order valence-corrected chi connectivity index (χ4v) is 4.59. The van der Waals surface area contributed by atoms with Crippen molar-refractivity contribution in [1.29, 1.82) is 0 Å². The van der Waals surface area contributed by atoms with E-state index in [1.54, 1.807) is 0 Å². The predicted octanol–water partition coefficient (Wildman–Crippen LogP) is 6.52. The molecule has 0 aliphatic heterocycles. The van der Waals surface area contributed by atoms with Gasteiger partial charge in [-0.05, 0) is 56.5 Å². The van der Waals surface area contributed by atoms with E-state index >= 15 is 0 Å². The van der Waals surface area contributed by atoms with Crippen LogP contribution in [0.5, 0.6) is 0 Å². The van der Waals surface area contributed by atoms with Gasteiger partial charge in [-0.1, -0.05) is 47.8 Å². The Hall–Kier alpha value is -0.0600. The number of rotatable bonds is 2. The van der Waals surface area contributed by atoms with Gasteiger partial charge in [0.25, 0.3) is 0 Å². The summed E-state index contributed by atoms with van der Waals surface area (Å²) >= 11 is 11.1. The van der Waals surface area contributed by atoms with Crippen molar-refractivity contribution in [2.45, 2.75) is 32.5 Å². The molecule has 1 aromatic heterocycles. The molecule has 0 spiro atoms. The third-order valence-electron chi connectivity index (χ3n) is 3.42. The van der Waals surface area contributed by atoms with E-state index in [9.17, 15) is 0 Å². The Kier molecular flexibility index (Phi) is 4.63. The molecule has 0 saturated heterocycles. The Morgan fingerprint density at radius 3 is 2.11 bits per heavy atom. The minimum atomic E-state index is 0.122. The summed E-state index contributed by atoms with van der Waals surface area (Å²) in [7, 11) is 0. The molecule has 0 fully saturated rings. The van der Waals surface area contributed by atoms with Crippen molar-refractivity contribution in [2.75, 3.05) is 0 Å². The van der Waals surface area contributed by atoms with Crippen molar-refractivity contribution in [3.8, 4) is 0 Å². The molecule has 4 heteroatoms. The van der Waals surface area contributed by atoms with Gasteiger partial charge in [-0.2, -0.15) is 0 Å². The lowest BCUT2D eigenvalue weighted by Gasteiger charge is -2.15. The van der Waals surface area contributed by atoms with Gasteiger partial charge in [0.05, 0.1) is 4.83 Å². The Bertz CT molecular complexity index is 629. The van der Waals surface area contributed by atoms with E-state index in [4.69, 9.17) is 4.42 Å². The molecular formula is C15H15Br3O. The molecular weight excluding hydrogens is 436 g/mol. The second kappa shape index (κ2) is 5.74. The van der Waals surface area contributed by atoms with E-state index in [1.165, 1.54) is 22.3 Å². The van der Waals surface area contributed by atoms with Crippen molar-refractivity contribution in [1.82, 2.24) is 0 Å². The zero-order valence-corrected chi connectivity index (χ0v) is 16.0. The summed E-state index contributed by atoms with van der Waals surface area (Å²) < 4.78 is 7.95. The molecule has 1 aromatic carbocycles. The molecule has 2 rings (SSSR count). The molecule has 0 bridgehead atoms. The number of hydrogen-bond acceptors (Lipinski definition) is 1. The van der Waals surface area contributed by atoms with Crippen LogP contribution in [0.2, 0.25) is 0 Å². The second-order valence-corrected chi connectivity index (χ2v) is 7.36. The first kappa shape index (κ1) is 15.3. The lowest BCUT2D eigenvalue weighted by atomic mass is 10.0. The van der Waals surface area contributed by atoms with Crippen LogP contribution in [0.25, 0.3) is 0 Å². The van der Waals surface area contributed by atoms with Crippen molar-refractivity contribution < 1.29 is 4.42 Å². The summed E-state index contributed by atoms with van der Waals surface area (Å²) in [6, 6.07) is 4.28. The highest BCUT2D eigenvalue weighted by Gasteiger charge is 2.22. The molecule has 2 aromatic rings. The Morgan fingerprint density at radius 2 is 1.58 bits per heavy atom. The SMILES string of the molecule is Cc1cc(Br)c(C(Br)c2c(C)oc(C)c2C)cc1Br. The minimum absolute atomic E-state index is 0.122. The van der Waals surface area contributed by atoms with Crippen LogP contribution < -0.4 is 0 Å². The van der Waals surface area contributed by atoms with Crippen LogP contribution in [0.15, 0.2) is 25.5 Å². The van der Waals surface area contributed by atoms with Crippen molar-refractivity contribution in [3.05, 3.63) is 54.9 Å². The number of aryl methyl sites for hydroxylation is 3. The first-order valence-electron chi connectivity index (χ1n) is 5.99. The fourth-order valence-electron chi connectivity index (χ4n) is 2.19. The molecule has 0 amide bonds. The molecule has 1 atom stereocenters. The Balaban J connectivity index is 2.56. The number of benzene rings is 1. The van der Waals surface area contributed by atoms with Gasteiger partial charge in [0.2, 0.25) is 0 Å². The normalized spacial score (nSPS) is 12.8. The van der Waals surface area contributed by atoms with E-state index in [0.29, 0.717) is 0 Å². The molecule has 1 unspecified atom stereocenters. The molecule has 1 nitrogen and oxygen atoms in total. The molecule has 1 heterocycles. The fraction of sp³-hybridized carbons (Fsp3) is 0.333. The van der Waals surface area contributed by atoms with E-state index in [1.807, 2.05) is 13.8 Å². The third-order valence-corrected chi connectivity index (χ3v) is 5.91. The summed E-state index contributed by atoms with van der Waals surface area (Å²) in [5.41, 5.74) is 4.84. The van der Waals surface area contributed by atoms with Crippen LogP contribution in [-0.2, 0) is 0 Å². The van der Waals surface area contributed by atoms with E-state index < -0.39 is 0 Å². The van der Waals surface area contributed by atoms with Crippen molar-refractivity contribution in [2.24, 2.45) is 0 Å².